The highest BCUT2D eigenvalue weighted by molar-refractivity contribution is 6.04. The van der Waals surface area contributed by atoms with E-state index in [4.69, 9.17) is 5.26 Å². The summed E-state index contributed by atoms with van der Waals surface area (Å²) in [5.74, 6) is -0.180. The number of carbonyl (C=O) groups is 2. The Bertz CT molecular complexity index is 1320. The number of aliphatic hydroxyl groups is 1. The molecule has 3 heterocycles. The molecule has 0 bridgehead atoms. The molecule has 8 heteroatoms. The minimum absolute atomic E-state index is 0.102. The highest BCUT2D eigenvalue weighted by Gasteiger charge is 2.36. The third-order valence-corrected chi connectivity index (χ3v) is 7.44. The molecule has 1 saturated carbocycles. The van der Waals surface area contributed by atoms with E-state index < -0.39 is 6.10 Å². The van der Waals surface area contributed by atoms with Crippen LogP contribution in [0.3, 0.4) is 0 Å². The first-order valence-corrected chi connectivity index (χ1v) is 12.2. The van der Waals surface area contributed by atoms with Crippen LogP contribution in [0.4, 0.5) is 5.69 Å². The second-order valence-corrected chi connectivity index (χ2v) is 9.63. The Morgan fingerprint density at radius 3 is 2.66 bits per heavy atom. The number of carbonyl (C=O) groups excluding carboxylic acids is 2. The van der Waals surface area contributed by atoms with Gasteiger partial charge in [-0.3, -0.25) is 14.6 Å². The van der Waals surface area contributed by atoms with Crippen molar-refractivity contribution in [2.75, 3.05) is 18.4 Å². The predicted octanol–water partition coefficient (Wildman–Crippen LogP) is 3.56. The van der Waals surface area contributed by atoms with Crippen LogP contribution in [0.15, 0.2) is 42.7 Å². The number of aryl methyl sites for hydroxylation is 1. The van der Waals surface area contributed by atoms with Gasteiger partial charge in [0.2, 0.25) is 5.91 Å². The van der Waals surface area contributed by atoms with E-state index in [1.165, 1.54) is 17.8 Å². The molecule has 2 aromatic heterocycles. The van der Waals surface area contributed by atoms with Crippen molar-refractivity contribution in [3.63, 3.8) is 0 Å². The average molecular weight is 472 g/mol. The molecule has 35 heavy (non-hydrogen) atoms. The monoisotopic (exact) mass is 471 g/mol. The van der Waals surface area contributed by atoms with Gasteiger partial charge in [-0.25, -0.2) is 0 Å². The average Bonchev–Trinajstić information content (AvgIpc) is 3.46. The third-order valence-electron chi connectivity index (χ3n) is 7.44. The van der Waals surface area contributed by atoms with Crippen LogP contribution in [0.25, 0.3) is 10.9 Å². The van der Waals surface area contributed by atoms with Gasteiger partial charge in [0.1, 0.15) is 5.69 Å². The molecular formula is C27H29N5O3. The van der Waals surface area contributed by atoms with Crippen LogP contribution in [0.1, 0.15) is 59.6 Å². The third kappa shape index (κ3) is 4.52. The van der Waals surface area contributed by atoms with E-state index in [2.05, 4.69) is 21.1 Å². The summed E-state index contributed by atoms with van der Waals surface area (Å²) in [6.45, 7) is 1.39. The van der Waals surface area contributed by atoms with Crippen LogP contribution < -0.4 is 5.32 Å². The number of hydrogen-bond donors (Lipinski definition) is 2. The number of piperidine rings is 1. The molecule has 0 spiro atoms. The van der Waals surface area contributed by atoms with E-state index in [1.807, 2.05) is 36.2 Å². The Hall–Kier alpha value is -3.70. The number of hydrogen-bond acceptors (Lipinski definition) is 5. The summed E-state index contributed by atoms with van der Waals surface area (Å²) < 4.78 is 2.10. The quantitative estimate of drug-likeness (QED) is 0.604. The van der Waals surface area contributed by atoms with Gasteiger partial charge in [0.25, 0.3) is 5.91 Å². The Morgan fingerprint density at radius 2 is 1.94 bits per heavy atom. The molecule has 0 radical (unpaired) electrons. The van der Waals surface area contributed by atoms with Crippen molar-refractivity contribution in [1.29, 1.82) is 5.26 Å². The first-order chi connectivity index (χ1) is 16.9. The number of anilines is 1. The molecule has 1 aromatic carbocycles. The summed E-state index contributed by atoms with van der Waals surface area (Å²) in [5, 5.41) is 23.2. The molecule has 1 aliphatic carbocycles. The van der Waals surface area contributed by atoms with E-state index in [0.717, 1.165) is 43.0 Å². The molecule has 3 aromatic rings. The van der Waals surface area contributed by atoms with Gasteiger partial charge in [-0.1, -0.05) is 0 Å². The van der Waals surface area contributed by atoms with Crippen molar-refractivity contribution < 1.29 is 14.7 Å². The minimum Gasteiger partial charge on any atom is -0.392 e. The van der Waals surface area contributed by atoms with Crippen molar-refractivity contribution in [3.8, 4) is 6.07 Å². The van der Waals surface area contributed by atoms with Crippen LogP contribution in [0.2, 0.25) is 0 Å². The molecule has 5 rings (SSSR count). The molecule has 2 N–H and O–H groups in total. The van der Waals surface area contributed by atoms with Crippen molar-refractivity contribution in [1.82, 2.24) is 14.5 Å². The standard InChI is InChI=1S/C27H29N5O3/c1-31-16-22(18-8-11-32(12-9-18)27(35)20-3-2-4-25(20)33)21-14-19(5-6-24(21)31)30-26(34)23-13-17(15-28)7-10-29-23/h5-7,10,13-14,16,18,20,25,33H,2-4,8-9,11-12H2,1H3,(H,30,34)/t20?,25-/m1/s1. The van der Waals surface area contributed by atoms with Crippen molar-refractivity contribution in [3.05, 3.63) is 59.5 Å². The molecule has 8 nitrogen and oxygen atoms in total. The molecule has 2 amide bonds. The van der Waals surface area contributed by atoms with Gasteiger partial charge in [0, 0.05) is 49.1 Å². The topological polar surface area (TPSA) is 111 Å². The number of aromatic nitrogens is 2. The number of nitrogens with one attached hydrogen (secondary N) is 1. The molecule has 2 atom stereocenters. The molecule has 1 saturated heterocycles. The number of nitrogens with zero attached hydrogens (tertiary/aromatic N) is 4. The normalized spacial score (nSPS) is 20.7. The lowest BCUT2D eigenvalue weighted by Gasteiger charge is -2.34. The number of aliphatic hydroxyl groups excluding tert-OH is 1. The minimum atomic E-state index is -0.496. The van der Waals surface area contributed by atoms with Gasteiger partial charge in [-0.2, -0.15) is 5.26 Å². The van der Waals surface area contributed by atoms with Gasteiger partial charge in [0.05, 0.1) is 23.7 Å². The van der Waals surface area contributed by atoms with Crippen LogP contribution in [0.5, 0.6) is 0 Å². The van der Waals surface area contributed by atoms with Gasteiger partial charge in [0.15, 0.2) is 0 Å². The smallest absolute Gasteiger partial charge is 0.274 e. The zero-order valence-electron chi connectivity index (χ0n) is 19.8. The summed E-state index contributed by atoms with van der Waals surface area (Å²) in [6, 6.07) is 10.9. The maximum atomic E-state index is 12.9. The molecule has 2 fully saturated rings. The van der Waals surface area contributed by atoms with Crippen molar-refractivity contribution >= 4 is 28.4 Å². The lowest BCUT2D eigenvalue weighted by atomic mass is 9.88. The van der Waals surface area contributed by atoms with Crippen LogP contribution in [-0.4, -0.2) is 50.6 Å². The number of rotatable bonds is 4. The highest BCUT2D eigenvalue weighted by atomic mass is 16.3. The van der Waals surface area contributed by atoms with Crippen molar-refractivity contribution in [2.45, 2.75) is 44.1 Å². The fourth-order valence-electron chi connectivity index (χ4n) is 5.52. The second-order valence-electron chi connectivity index (χ2n) is 9.63. The van der Waals surface area contributed by atoms with Gasteiger partial charge >= 0.3 is 0 Å². The zero-order valence-corrected chi connectivity index (χ0v) is 19.8. The summed E-state index contributed by atoms with van der Waals surface area (Å²) in [4.78, 5) is 31.6. The first-order valence-electron chi connectivity index (χ1n) is 12.2. The summed E-state index contributed by atoms with van der Waals surface area (Å²) in [6.07, 6.45) is 7.28. The predicted molar refractivity (Wildman–Crippen MR) is 132 cm³/mol. The molecule has 1 aliphatic heterocycles. The van der Waals surface area contributed by atoms with Crippen LogP contribution in [0, 0.1) is 17.2 Å². The largest absolute Gasteiger partial charge is 0.392 e. The van der Waals surface area contributed by atoms with E-state index in [-0.39, 0.29) is 23.4 Å². The van der Waals surface area contributed by atoms with Gasteiger partial charge in [-0.05, 0) is 73.9 Å². The molecule has 2 aliphatic rings. The molecule has 1 unspecified atom stereocenters. The number of pyridine rings is 1. The first kappa shape index (κ1) is 23.1. The number of nitriles is 1. The zero-order chi connectivity index (χ0) is 24.5. The van der Waals surface area contributed by atoms with Crippen molar-refractivity contribution in [2.24, 2.45) is 13.0 Å². The Kier molecular flexibility index (Phi) is 6.27. The fraction of sp³-hybridized carbons (Fsp3) is 0.407. The summed E-state index contributed by atoms with van der Waals surface area (Å²) in [7, 11) is 2.02. The van der Waals surface area contributed by atoms with E-state index in [9.17, 15) is 14.7 Å². The van der Waals surface area contributed by atoms with Crippen LogP contribution in [-0.2, 0) is 11.8 Å². The Balaban J connectivity index is 1.32. The molecular weight excluding hydrogens is 442 g/mol. The lowest BCUT2D eigenvalue weighted by molar-refractivity contribution is -0.139. The SMILES string of the molecule is Cn1cc(C2CCN(C(=O)C3CCC[C@H]3O)CC2)c2cc(NC(=O)c3cc(C#N)ccn3)ccc21. The Labute approximate surface area is 204 Å². The fourth-order valence-corrected chi connectivity index (χ4v) is 5.52. The maximum absolute atomic E-state index is 12.9. The second kappa shape index (κ2) is 9.51. The van der Waals surface area contributed by atoms with Crippen LogP contribution >= 0.6 is 0 Å². The van der Waals surface area contributed by atoms with Gasteiger partial charge in [-0.15, -0.1) is 0 Å². The van der Waals surface area contributed by atoms with E-state index in [0.29, 0.717) is 30.3 Å². The number of amides is 2. The van der Waals surface area contributed by atoms with E-state index in [1.54, 1.807) is 6.07 Å². The number of fused-ring (bicyclic) bond motifs is 1. The molecule has 180 valence electrons. The maximum Gasteiger partial charge on any atom is 0.274 e. The number of benzene rings is 1. The highest BCUT2D eigenvalue weighted by Crippen LogP contribution is 2.36. The summed E-state index contributed by atoms with van der Waals surface area (Å²) in [5.41, 5.74) is 3.55. The lowest BCUT2D eigenvalue weighted by Crippen LogP contribution is -2.43. The Morgan fingerprint density at radius 1 is 1.14 bits per heavy atom. The summed E-state index contributed by atoms with van der Waals surface area (Å²) >= 11 is 0. The number of likely N-dealkylation sites (tertiary alicyclic amines) is 1. The van der Waals surface area contributed by atoms with E-state index >= 15 is 0 Å². The van der Waals surface area contributed by atoms with Gasteiger partial charge < -0.3 is 19.9 Å².